The van der Waals surface area contributed by atoms with Crippen molar-refractivity contribution in [2.45, 2.75) is 6.42 Å². The van der Waals surface area contributed by atoms with Crippen molar-refractivity contribution in [3.63, 3.8) is 0 Å². The van der Waals surface area contributed by atoms with E-state index in [9.17, 15) is 14.0 Å². The van der Waals surface area contributed by atoms with E-state index in [0.717, 1.165) is 0 Å². The molecule has 2 aromatic carbocycles. The number of nitrogens with one attached hydrogen (secondary N) is 2. The molecule has 3 aromatic rings. The summed E-state index contributed by atoms with van der Waals surface area (Å²) in [6.07, 6.45) is 0.0431. The summed E-state index contributed by atoms with van der Waals surface area (Å²) in [6.45, 7) is 0.184. The average molecular weight is 425 g/mol. The number of H-pyrrole nitrogens is 1. The normalized spacial score (nSPS) is 15.8. The Kier molecular flexibility index (Phi) is 5.52. The number of halogens is 1. The van der Waals surface area contributed by atoms with Gasteiger partial charge in [0.2, 0.25) is 17.8 Å². The van der Waals surface area contributed by atoms with Crippen LogP contribution in [-0.4, -0.2) is 47.8 Å². The number of ether oxygens (including phenoxy) is 2. The van der Waals surface area contributed by atoms with E-state index in [2.05, 4.69) is 20.5 Å². The molecule has 10 heteroatoms. The van der Waals surface area contributed by atoms with Crippen molar-refractivity contribution in [3.8, 4) is 22.9 Å². The van der Waals surface area contributed by atoms with Crippen LogP contribution in [0, 0.1) is 11.7 Å². The zero-order valence-electron chi connectivity index (χ0n) is 16.9. The molecule has 1 unspecified atom stereocenters. The van der Waals surface area contributed by atoms with Gasteiger partial charge in [-0.05, 0) is 36.4 Å². The number of aromatic nitrogens is 3. The fourth-order valence-corrected chi connectivity index (χ4v) is 3.39. The van der Waals surface area contributed by atoms with Crippen LogP contribution in [0.4, 0.5) is 16.0 Å². The molecule has 1 aliphatic heterocycles. The predicted molar refractivity (Wildman–Crippen MR) is 110 cm³/mol. The topological polar surface area (TPSA) is 109 Å². The van der Waals surface area contributed by atoms with Gasteiger partial charge < -0.3 is 14.4 Å². The third kappa shape index (κ3) is 4.18. The van der Waals surface area contributed by atoms with E-state index in [4.69, 9.17) is 9.47 Å². The van der Waals surface area contributed by atoms with Crippen LogP contribution in [0.25, 0.3) is 11.4 Å². The zero-order valence-corrected chi connectivity index (χ0v) is 16.9. The molecule has 0 bridgehead atoms. The Morgan fingerprint density at radius 3 is 2.68 bits per heavy atom. The lowest BCUT2D eigenvalue weighted by atomic mass is 10.1. The van der Waals surface area contributed by atoms with E-state index in [1.165, 1.54) is 31.3 Å². The second kappa shape index (κ2) is 8.42. The van der Waals surface area contributed by atoms with E-state index >= 15 is 0 Å². The van der Waals surface area contributed by atoms with Crippen LogP contribution >= 0.6 is 0 Å². The number of amides is 2. The number of nitrogens with zero attached hydrogens (tertiary/aromatic N) is 3. The number of benzene rings is 2. The molecule has 1 saturated heterocycles. The zero-order chi connectivity index (χ0) is 22.0. The highest BCUT2D eigenvalue weighted by Gasteiger charge is 2.37. The van der Waals surface area contributed by atoms with Gasteiger partial charge in [0.15, 0.2) is 5.82 Å². The van der Waals surface area contributed by atoms with Gasteiger partial charge in [0.05, 0.1) is 25.8 Å². The van der Waals surface area contributed by atoms with Crippen molar-refractivity contribution in [2.75, 3.05) is 31.0 Å². The Morgan fingerprint density at radius 2 is 1.97 bits per heavy atom. The number of rotatable bonds is 6. The molecule has 1 aromatic heterocycles. The third-order valence-corrected chi connectivity index (χ3v) is 5.01. The van der Waals surface area contributed by atoms with Gasteiger partial charge in [0.25, 0.3) is 0 Å². The molecule has 0 radical (unpaired) electrons. The van der Waals surface area contributed by atoms with Gasteiger partial charge in [-0.3, -0.25) is 20.0 Å². The Morgan fingerprint density at radius 1 is 1.19 bits per heavy atom. The number of methoxy groups -OCH3 is 2. The van der Waals surface area contributed by atoms with E-state index in [0.29, 0.717) is 28.6 Å². The highest BCUT2D eigenvalue weighted by Crippen LogP contribution is 2.36. The molecule has 31 heavy (non-hydrogen) atoms. The molecule has 9 nitrogen and oxygen atoms in total. The molecule has 1 atom stereocenters. The largest absolute Gasteiger partial charge is 0.497 e. The van der Waals surface area contributed by atoms with Crippen LogP contribution in [0.5, 0.6) is 11.5 Å². The van der Waals surface area contributed by atoms with Gasteiger partial charge in [-0.25, -0.2) is 4.39 Å². The minimum absolute atomic E-state index is 0.0431. The van der Waals surface area contributed by atoms with Crippen molar-refractivity contribution in [1.29, 1.82) is 0 Å². The van der Waals surface area contributed by atoms with Gasteiger partial charge in [0, 0.05) is 24.6 Å². The Labute approximate surface area is 177 Å². The number of carbonyl (C=O) groups is 2. The first-order chi connectivity index (χ1) is 15.0. The Balaban J connectivity index is 1.46. The van der Waals surface area contributed by atoms with Crippen molar-refractivity contribution in [1.82, 2.24) is 15.2 Å². The molecule has 2 N–H and O–H groups in total. The standard InChI is InChI=1S/C21H20FN5O4/c1-30-15-7-8-17(31-2)16(10-15)27-11-13(9-18(27)28)20(29)24-21-23-19(25-26-21)12-3-5-14(22)6-4-12/h3-8,10,13H,9,11H2,1-2H3,(H2,23,24,25,26,29). The molecule has 0 saturated carbocycles. The highest BCUT2D eigenvalue weighted by atomic mass is 19.1. The van der Waals surface area contributed by atoms with E-state index in [-0.39, 0.29) is 36.5 Å². The maximum atomic E-state index is 13.1. The molecule has 4 rings (SSSR count). The van der Waals surface area contributed by atoms with Gasteiger partial charge in [0.1, 0.15) is 17.3 Å². The molecule has 2 amide bonds. The van der Waals surface area contributed by atoms with E-state index in [1.807, 2.05) is 0 Å². The predicted octanol–water partition coefficient (Wildman–Crippen LogP) is 2.62. The Hall–Kier alpha value is -3.95. The fraction of sp³-hybridized carbons (Fsp3) is 0.238. The third-order valence-electron chi connectivity index (χ3n) is 5.01. The quantitative estimate of drug-likeness (QED) is 0.628. The maximum Gasteiger partial charge on any atom is 0.249 e. The molecule has 160 valence electrons. The van der Waals surface area contributed by atoms with Crippen molar-refractivity contribution < 1.29 is 23.5 Å². The summed E-state index contributed by atoms with van der Waals surface area (Å²) in [5.74, 6) is 0.0283. The van der Waals surface area contributed by atoms with Crippen molar-refractivity contribution >= 4 is 23.5 Å². The van der Waals surface area contributed by atoms with Crippen LogP contribution < -0.4 is 19.7 Å². The molecule has 0 spiro atoms. The lowest BCUT2D eigenvalue weighted by molar-refractivity contribution is -0.122. The molecular weight excluding hydrogens is 405 g/mol. The van der Waals surface area contributed by atoms with Crippen LogP contribution in [0.3, 0.4) is 0 Å². The summed E-state index contributed by atoms with van der Waals surface area (Å²) >= 11 is 0. The van der Waals surface area contributed by atoms with Crippen molar-refractivity contribution in [3.05, 3.63) is 48.3 Å². The SMILES string of the molecule is COc1ccc(OC)c(N2CC(C(=O)Nc3n[nH]c(-c4ccc(F)cc4)n3)CC2=O)c1. The van der Waals surface area contributed by atoms with E-state index < -0.39 is 5.92 Å². The molecule has 0 aliphatic carbocycles. The summed E-state index contributed by atoms with van der Waals surface area (Å²) in [6, 6.07) is 10.9. The minimum atomic E-state index is -0.587. The first-order valence-corrected chi connectivity index (χ1v) is 9.50. The highest BCUT2D eigenvalue weighted by molar-refractivity contribution is 6.04. The average Bonchev–Trinajstić information content (AvgIpc) is 3.40. The molecular formula is C21H20FN5O4. The number of hydrogen-bond acceptors (Lipinski definition) is 6. The summed E-state index contributed by atoms with van der Waals surface area (Å²) in [4.78, 5) is 31.0. The molecule has 1 fully saturated rings. The van der Waals surface area contributed by atoms with Crippen LogP contribution in [0.1, 0.15) is 6.42 Å². The smallest absolute Gasteiger partial charge is 0.249 e. The Bertz CT molecular complexity index is 1120. The van der Waals surface area contributed by atoms with Crippen molar-refractivity contribution in [2.24, 2.45) is 5.92 Å². The molecule has 1 aliphatic rings. The summed E-state index contributed by atoms with van der Waals surface area (Å²) in [5.41, 5.74) is 1.17. The number of anilines is 2. The summed E-state index contributed by atoms with van der Waals surface area (Å²) in [5, 5.41) is 9.31. The van der Waals surface area contributed by atoms with Crippen LogP contribution in [0.2, 0.25) is 0 Å². The molecule has 2 heterocycles. The fourth-order valence-electron chi connectivity index (χ4n) is 3.39. The first-order valence-electron chi connectivity index (χ1n) is 9.50. The minimum Gasteiger partial charge on any atom is -0.497 e. The maximum absolute atomic E-state index is 13.1. The van der Waals surface area contributed by atoms with E-state index in [1.54, 1.807) is 30.3 Å². The van der Waals surface area contributed by atoms with Crippen LogP contribution in [0.15, 0.2) is 42.5 Å². The second-order valence-corrected chi connectivity index (χ2v) is 6.95. The number of carbonyl (C=O) groups excluding carboxylic acids is 2. The first kappa shape index (κ1) is 20.3. The lowest BCUT2D eigenvalue weighted by Crippen LogP contribution is -2.28. The lowest BCUT2D eigenvalue weighted by Gasteiger charge is -2.20. The van der Waals surface area contributed by atoms with Crippen LogP contribution in [-0.2, 0) is 9.59 Å². The van der Waals surface area contributed by atoms with Gasteiger partial charge in [-0.1, -0.05) is 0 Å². The monoisotopic (exact) mass is 425 g/mol. The number of hydrogen-bond donors (Lipinski definition) is 2. The summed E-state index contributed by atoms with van der Waals surface area (Å²) in [7, 11) is 3.04. The summed E-state index contributed by atoms with van der Waals surface area (Å²) < 4.78 is 23.7. The van der Waals surface area contributed by atoms with Gasteiger partial charge in [-0.2, -0.15) is 4.98 Å². The van der Waals surface area contributed by atoms with Gasteiger partial charge >= 0.3 is 0 Å². The van der Waals surface area contributed by atoms with Gasteiger partial charge in [-0.15, -0.1) is 5.10 Å². The second-order valence-electron chi connectivity index (χ2n) is 6.95. The number of aromatic amines is 1.